The molecule has 2 saturated heterocycles. The van der Waals surface area contributed by atoms with Crippen molar-refractivity contribution in [3.63, 3.8) is 0 Å². The predicted octanol–water partition coefficient (Wildman–Crippen LogP) is 2.95. The van der Waals surface area contributed by atoms with Crippen molar-refractivity contribution in [1.82, 2.24) is 14.9 Å². The quantitative estimate of drug-likeness (QED) is 0.385. The number of hydrogen-bond donors (Lipinski definition) is 2. The predicted molar refractivity (Wildman–Crippen MR) is 147 cm³/mol. The molecule has 2 N–H and O–H groups in total. The Balaban J connectivity index is 1.49. The Kier molecular flexibility index (Phi) is 9.40. The minimum Gasteiger partial charge on any atom is -0.468 e. The van der Waals surface area contributed by atoms with Gasteiger partial charge in [-0.15, -0.1) is 0 Å². The molecule has 1 aromatic heterocycles. The Bertz CT molecular complexity index is 1140. The van der Waals surface area contributed by atoms with Crippen molar-refractivity contribution in [2.24, 2.45) is 0 Å². The first-order chi connectivity index (χ1) is 18.3. The second-order valence-electron chi connectivity index (χ2n) is 9.37. The summed E-state index contributed by atoms with van der Waals surface area (Å²) in [7, 11) is 6.01. The van der Waals surface area contributed by atoms with E-state index < -0.39 is 0 Å². The number of nitrogens with one attached hydrogen (secondary N) is 2. The molecule has 4 atom stereocenters. The van der Waals surface area contributed by atoms with Gasteiger partial charge in [-0.1, -0.05) is 18.2 Å². The van der Waals surface area contributed by atoms with Gasteiger partial charge >= 0.3 is 0 Å². The Morgan fingerprint density at radius 2 is 1.95 bits per heavy atom. The number of likely N-dealkylation sites (N-methyl/N-ethyl adjacent to an activating group) is 2. The molecule has 206 valence electrons. The van der Waals surface area contributed by atoms with Crippen molar-refractivity contribution in [3.8, 4) is 5.88 Å². The van der Waals surface area contributed by atoms with Crippen LogP contribution in [0.4, 0.5) is 23.0 Å². The van der Waals surface area contributed by atoms with Crippen LogP contribution in [0.5, 0.6) is 5.88 Å². The van der Waals surface area contributed by atoms with Gasteiger partial charge in [-0.2, -0.15) is 4.98 Å². The maximum absolute atomic E-state index is 12.1. The van der Waals surface area contributed by atoms with Gasteiger partial charge in [0.05, 0.1) is 30.8 Å². The summed E-state index contributed by atoms with van der Waals surface area (Å²) in [6, 6.07) is 5.63. The average Bonchev–Trinajstić information content (AvgIpc) is 3.48. The molecule has 4 rings (SSSR count). The Hall–Kier alpha value is -2.96. The lowest BCUT2D eigenvalue weighted by Crippen LogP contribution is -2.35. The molecule has 0 aliphatic carbocycles. The molecule has 11 nitrogen and oxygen atoms in total. The summed E-state index contributed by atoms with van der Waals surface area (Å²) in [6.45, 7) is 8.52. The SMILES string of the molecule is C=CC(=O)Nc1cc(Nc2ncc(Cl)c(O[C@@H]3CO[C@H]4[C@@H]3OC[C@H]4OCC)n2)ccc1N(C)CCN(C)C. The molecule has 2 fully saturated rings. The normalized spacial score (nSPS) is 22.3. The van der Waals surface area contributed by atoms with E-state index in [4.69, 9.17) is 30.5 Å². The molecule has 38 heavy (non-hydrogen) atoms. The molecular weight excluding hydrogens is 512 g/mol. The number of ether oxygens (including phenoxy) is 4. The van der Waals surface area contributed by atoms with Crippen molar-refractivity contribution in [3.05, 3.63) is 42.1 Å². The van der Waals surface area contributed by atoms with E-state index in [-0.39, 0.29) is 47.2 Å². The van der Waals surface area contributed by atoms with E-state index in [9.17, 15) is 4.79 Å². The van der Waals surface area contributed by atoms with Gasteiger partial charge in [0.25, 0.3) is 0 Å². The Labute approximate surface area is 228 Å². The molecule has 2 aromatic rings. The van der Waals surface area contributed by atoms with Gasteiger partial charge in [-0.05, 0) is 45.3 Å². The first-order valence-corrected chi connectivity index (χ1v) is 12.9. The van der Waals surface area contributed by atoms with Crippen LogP contribution in [-0.4, -0.2) is 99.2 Å². The van der Waals surface area contributed by atoms with Gasteiger partial charge in [0, 0.05) is 32.4 Å². The summed E-state index contributed by atoms with van der Waals surface area (Å²) >= 11 is 6.36. The fourth-order valence-corrected chi connectivity index (χ4v) is 4.49. The topological polar surface area (TPSA) is 110 Å². The van der Waals surface area contributed by atoms with Gasteiger partial charge in [-0.25, -0.2) is 4.98 Å². The maximum atomic E-state index is 12.1. The van der Waals surface area contributed by atoms with Gasteiger partial charge < -0.3 is 39.4 Å². The third-order valence-electron chi connectivity index (χ3n) is 6.31. The average molecular weight is 547 g/mol. The molecule has 0 bridgehead atoms. The summed E-state index contributed by atoms with van der Waals surface area (Å²) in [5.74, 6) is 0.205. The van der Waals surface area contributed by atoms with E-state index in [1.807, 2.05) is 46.3 Å². The van der Waals surface area contributed by atoms with Crippen molar-refractivity contribution < 1.29 is 23.7 Å². The number of benzene rings is 1. The van der Waals surface area contributed by atoms with E-state index in [0.29, 0.717) is 31.2 Å². The third-order valence-corrected chi connectivity index (χ3v) is 6.57. The van der Waals surface area contributed by atoms with E-state index >= 15 is 0 Å². The van der Waals surface area contributed by atoms with E-state index in [1.165, 1.54) is 12.3 Å². The zero-order valence-electron chi connectivity index (χ0n) is 22.1. The van der Waals surface area contributed by atoms with Crippen molar-refractivity contribution in [2.75, 3.05) is 69.6 Å². The highest BCUT2D eigenvalue weighted by atomic mass is 35.5. The van der Waals surface area contributed by atoms with Crippen LogP contribution in [-0.2, 0) is 19.0 Å². The summed E-state index contributed by atoms with van der Waals surface area (Å²) in [5, 5.41) is 6.32. The number of carbonyl (C=O) groups excluding carboxylic acids is 1. The molecule has 0 spiro atoms. The van der Waals surface area contributed by atoms with Gasteiger partial charge in [-0.3, -0.25) is 4.79 Å². The zero-order valence-corrected chi connectivity index (χ0v) is 22.9. The third kappa shape index (κ3) is 6.72. The molecule has 1 amide bonds. The number of aromatic nitrogens is 2. The fraction of sp³-hybridized carbons (Fsp3) is 0.500. The molecule has 0 unspecified atom stereocenters. The monoisotopic (exact) mass is 546 g/mol. The van der Waals surface area contributed by atoms with E-state index in [0.717, 1.165) is 18.8 Å². The van der Waals surface area contributed by atoms with Crippen molar-refractivity contribution in [2.45, 2.75) is 31.3 Å². The van der Waals surface area contributed by atoms with E-state index in [1.54, 1.807) is 0 Å². The van der Waals surface area contributed by atoms with Crippen LogP contribution >= 0.6 is 11.6 Å². The van der Waals surface area contributed by atoms with E-state index in [2.05, 4.69) is 37.0 Å². The number of fused-ring (bicyclic) bond motifs is 1. The molecule has 0 radical (unpaired) electrons. The highest BCUT2D eigenvalue weighted by molar-refractivity contribution is 6.31. The van der Waals surface area contributed by atoms with Crippen molar-refractivity contribution in [1.29, 1.82) is 0 Å². The number of nitrogens with zero attached hydrogens (tertiary/aromatic N) is 4. The molecule has 1 aromatic carbocycles. The summed E-state index contributed by atoms with van der Waals surface area (Å²) < 4.78 is 23.6. The van der Waals surface area contributed by atoms with Crippen LogP contribution in [0.2, 0.25) is 5.02 Å². The van der Waals surface area contributed by atoms with Crippen LogP contribution in [0.25, 0.3) is 0 Å². The highest BCUT2D eigenvalue weighted by Crippen LogP contribution is 2.34. The van der Waals surface area contributed by atoms with Crippen LogP contribution in [0.15, 0.2) is 37.1 Å². The summed E-state index contributed by atoms with van der Waals surface area (Å²) in [5.41, 5.74) is 2.17. The molecular formula is C26H35ClN6O5. The number of halogens is 1. The summed E-state index contributed by atoms with van der Waals surface area (Å²) in [4.78, 5) is 25.0. The van der Waals surface area contributed by atoms with Crippen LogP contribution in [0.1, 0.15) is 6.92 Å². The highest BCUT2D eigenvalue weighted by Gasteiger charge is 2.49. The smallest absolute Gasteiger partial charge is 0.247 e. The molecule has 12 heteroatoms. The first-order valence-electron chi connectivity index (χ1n) is 12.5. The Morgan fingerprint density at radius 1 is 1.21 bits per heavy atom. The minimum atomic E-state index is -0.372. The molecule has 3 heterocycles. The molecule has 0 saturated carbocycles. The molecule has 2 aliphatic heterocycles. The van der Waals surface area contributed by atoms with Crippen LogP contribution < -0.4 is 20.3 Å². The Morgan fingerprint density at radius 3 is 2.66 bits per heavy atom. The lowest BCUT2D eigenvalue weighted by molar-refractivity contribution is -0.111. The minimum absolute atomic E-state index is 0.114. The van der Waals surface area contributed by atoms with Gasteiger partial charge in [0.2, 0.25) is 17.7 Å². The number of rotatable bonds is 12. The number of carbonyl (C=O) groups is 1. The van der Waals surface area contributed by atoms with Gasteiger partial charge in [0.15, 0.2) is 6.10 Å². The second kappa shape index (κ2) is 12.7. The lowest BCUT2D eigenvalue weighted by Gasteiger charge is -2.24. The lowest BCUT2D eigenvalue weighted by atomic mass is 10.1. The standard InChI is InChI=1S/C26H35ClN6O5/c1-6-22(34)30-18-12-16(8-9-19(18)33(5)11-10-32(3)4)29-26-28-13-17(27)25(31-26)38-21-15-37-23-20(35-7-2)14-36-24(21)23/h6,8-9,12-13,20-21,23-24H,1,7,10-11,14-15H2,2-5H3,(H,30,34)(H,28,29,31)/t20-,21-,23-,24-/m1/s1. The summed E-state index contributed by atoms with van der Waals surface area (Å²) in [6.07, 6.45) is 1.78. The van der Waals surface area contributed by atoms with Gasteiger partial charge in [0.1, 0.15) is 23.3 Å². The maximum Gasteiger partial charge on any atom is 0.247 e. The van der Waals surface area contributed by atoms with Crippen LogP contribution in [0.3, 0.4) is 0 Å². The zero-order chi connectivity index (χ0) is 27.2. The molecule has 2 aliphatic rings. The number of anilines is 4. The first kappa shape index (κ1) is 28.1. The largest absolute Gasteiger partial charge is 0.468 e. The second-order valence-corrected chi connectivity index (χ2v) is 9.78. The van der Waals surface area contributed by atoms with Crippen molar-refractivity contribution >= 4 is 40.5 Å². The number of amides is 1. The fourth-order valence-electron chi connectivity index (χ4n) is 4.35. The number of hydrogen-bond acceptors (Lipinski definition) is 10. The van der Waals surface area contributed by atoms with Crippen LogP contribution in [0, 0.1) is 0 Å².